The molecule has 1 N–H and O–H groups in total. The van der Waals surface area contributed by atoms with E-state index in [9.17, 15) is 37.1 Å². The Hall–Kier alpha value is -5.98. The second kappa shape index (κ2) is 14.0. The molecule has 0 spiro atoms. The topological polar surface area (TPSA) is 101 Å². The van der Waals surface area contributed by atoms with Gasteiger partial charge in [0.1, 0.15) is 17.4 Å². The molecule has 2 aromatic heterocycles. The van der Waals surface area contributed by atoms with Gasteiger partial charge in [-0.2, -0.15) is 0 Å². The molecule has 1 aliphatic heterocycles. The van der Waals surface area contributed by atoms with Crippen molar-refractivity contribution < 1.29 is 32.3 Å². The van der Waals surface area contributed by atoms with Crippen LogP contribution in [0.25, 0.3) is 11.4 Å². The molecule has 3 aromatic carbocycles. The van der Waals surface area contributed by atoms with Crippen molar-refractivity contribution in [1.82, 2.24) is 19.0 Å². The van der Waals surface area contributed by atoms with Gasteiger partial charge in [-0.3, -0.25) is 14.4 Å². The first-order valence-electron chi connectivity index (χ1n) is 15.2. The van der Waals surface area contributed by atoms with E-state index in [1.807, 2.05) is 35.0 Å². The summed E-state index contributed by atoms with van der Waals surface area (Å²) in [7, 11) is 0. The van der Waals surface area contributed by atoms with Crippen molar-refractivity contribution in [3.05, 3.63) is 154 Å². The van der Waals surface area contributed by atoms with E-state index in [4.69, 9.17) is 0 Å². The van der Waals surface area contributed by atoms with Gasteiger partial charge in [0.15, 0.2) is 11.6 Å². The summed E-state index contributed by atoms with van der Waals surface area (Å²) < 4.78 is 59.7. The monoisotopic (exact) mass is 671 g/mol. The lowest BCUT2D eigenvalue weighted by molar-refractivity contribution is -0.142. The molecule has 1 fully saturated rings. The van der Waals surface area contributed by atoms with Crippen LogP contribution in [0.4, 0.5) is 23.2 Å². The fourth-order valence-electron chi connectivity index (χ4n) is 5.70. The molecule has 5 aromatic rings. The molecule has 13 heteroatoms. The minimum atomic E-state index is -1.41. The highest BCUT2D eigenvalue weighted by Gasteiger charge is 2.26. The molecule has 1 amide bonds. The number of aliphatic hydroxyl groups excluding tert-OH is 1. The SMILES string of the molecule is O=C(/C=C(/O)c1cc(Cc2cc(F)cc(F)c2F)cn(Cc2ccccc2F)c1=O)C(=O)N1CCN(c2ccc(-n3ccnc3)cc2)CC1. The van der Waals surface area contributed by atoms with Crippen LogP contribution < -0.4 is 10.5 Å². The smallest absolute Gasteiger partial charge is 0.294 e. The standard InChI is InChI=1S/C36H29F4N5O4/c37-26-17-25(34(40)31(39)18-26)15-23-16-29(35(48)45(20-23)21-24-3-1-2-4-30(24)38)32(46)19-33(47)36(49)43-13-11-42(12-14-43)27-5-7-28(8-6-27)44-10-9-41-22-44/h1-10,16-20,22,46H,11-15,21H2/b32-19+. The van der Waals surface area contributed by atoms with Crippen molar-refractivity contribution in [2.24, 2.45) is 0 Å². The number of rotatable bonds is 9. The predicted molar refractivity (Wildman–Crippen MR) is 173 cm³/mol. The van der Waals surface area contributed by atoms with Gasteiger partial charge in [0.25, 0.3) is 11.5 Å². The number of hydrogen-bond donors (Lipinski definition) is 1. The first-order valence-corrected chi connectivity index (χ1v) is 15.2. The number of piperazine rings is 1. The van der Waals surface area contributed by atoms with E-state index >= 15 is 0 Å². The molecule has 1 saturated heterocycles. The third-order valence-electron chi connectivity index (χ3n) is 8.24. The molecule has 6 rings (SSSR count). The summed E-state index contributed by atoms with van der Waals surface area (Å²) in [5, 5.41) is 11.0. The number of nitrogens with zero attached hydrogens (tertiary/aromatic N) is 5. The van der Waals surface area contributed by atoms with E-state index in [-0.39, 0.29) is 36.3 Å². The molecule has 0 aliphatic carbocycles. The van der Waals surface area contributed by atoms with Crippen LogP contribution in [0.1, 0.15) is 22.3 Å². The molecule has 9 nitrogen and oxygen atoms in total. The molecule has 3 heterocycles. The number of carbonyl (C=O) groups is 2. The van der Waals surface area contributed by atoms with Gasteiger partial charge >= 0.3 is 0 Å². The first kappa shape index (κ1) is 32.9. The van der Waals surface area contributed by atoms with Gasteiger partial charge < -0.3 is 24.0 Å². The Labute approximate surface area is 277 Å². The van der Waals surface area contributed by atoms with Crippen molar-refractivity contribution >= 4 is 23.1 Å². The van der Waals surface area contributed by atoms with Crippen molar-refractivity contribution in [2.75, 3.05) is 31.1 Å². The lowest BCUT2D eigenvalue weighted by Gasteiger charge is -2.35. The van der Waals surface area contributed by atoms with Crippen molar-refractivity contribution in [1.29, 1.82) is 0 Å². The van der Waals surface area contributed by atoms with E-state index in [0.29, 0.717) is 25.2 Å². The van der Waals surface area contributed by atoms with E-state index in [1.54, 1.807) is 18.6 Å². The summed E-state index contributed by atoms with van der Waals surface area (Å²) in [6.07, 6.45) is 6.66. The number of amides is 1. The minimum Gasteiger partial charge on any atom is -0.507 e. The molecule has 49 heavy (non-hydrogen) atoms. The lowest BCUT2D eigenvalue weighted by atomic mass is 10.0. The average molecular weight is 672 g/mol. The summed E-state index contributed by atoms with van der Waals surface area (Å²) in [6, 6.07) is 15.7. The third-order valence-corrected chi connectivity index (χ3v) is 8.24. The molecule has 1 aliphatic rings. The van der Waals surface area contributed by atoms with E-state index in [1.165, 1.54) is 29.3 Å². The summed E-state index contributed by atoms with van der Waals surface area (Å²) in [6.45, 7) is 1.02. The number of benzene rings is 3. The highest BCUT2D eigenvalue weighted by Crippen LogP contribution is 2.22. The van der Waals surface area contributed by atoms with Crippen molar-refractivity contribution in [2.45, 2.75) is 13.0 Å². The fraction of sp³-hybridized carbons (Fsp3) is 0.167. The molecule has 250 valence electrons. The second-order valence-electron chi connectivity index (χ2n) is 11.5. The van der Waals surface area contributed by atoms with Crippen LogP contribution in [0.2, 0.25) is 0 Å². The summed E-state index contributed by atoms with van der Waals surface area (Å²) in [4.78, 5) is 47.0. The molecule has 0 radical (unpaired) electrons. The van der Waals surface area contributed by atoms with Crippen LogP contribution in [0.3, 0.4) is 0 Å². The number of pyridine rings is 1. The maximum atomic E-state index is 14.5. The quantitative estimate of drug-likeness (QED) is 0.0775. The fourth-order valence-corrected chi connectivity index (χ4v) is 5.70. The zero-order valence-corrected chi connectivity index (χ0v) is 25.9. The van der Waals surface area contributed by atoms with Gasteiger partial charge in [0.2, 0.25) is 5.78 Å². The van der Waals surface area contributed by atoms with E-state index < -0.39 is 58.3 Å². The number of imidazole rings is 1. The number of aliphatic hydroxyl groups is 1. The van der Waals surface area contributed by atoms with Gasteiger partial charge in [-0.15, -0.1) is 0 Å². The number of aromatic nitrogens is 3. The number of ketones is 1. The molecule has 0 saturated carbocycles. The zero-order chi connectivity index (χ0) is 34.7. The normalized spacial score (nSPS) is 13.5. The third kappa shape index (κ3) is 7.30. The zero-order valence-electron chi connectivity index (χ0n) is 25.9. The predicted octanol–water partition coefficient (Wildman–Crippen LogP) is 5.05. The number of hydrogen-bond acceptors (Lipinski definition) is 6. The molecule has 0 atom stereocenters. The molecule has 0 unspecified atom stereocenters. The first-order chi connectivity index (χ1) is 23.6. The molecular weight excluding hydrogens is 642 g/mol. The van der Waals surface area contributed by atoms with Gasteiger partial charge in [-0.1, -0.05) is 18.2 Å². The Morgan fingerprint density at radius 3 is 2.27 bits per heavy atom. The summed E-state index contributed by atoms with van der Waals surface area (Å²) >= 11 is 0. The van der Waals surface area contributed by atoms with Crippen LogP contribution in [-0.2, 0) is 22.6 Å². The Morgan fingerprint density at radius 2 is 1.57 bits per heavy atom. The van der Waals surface area contributed by atoms with Crippen molar-refractivity contribution in [3.63, 3.8) is 0 Å². The summed E-state index contributed by atoms with van der Waals surface area (Å²) in [5.41, 5.74) is 0.429. The van der Waals surface area contributed by atoms with Crippen LogP contribution in [0.5, 0.6) is 0 Å². The Bertz CT molecular complexity index is 2110. The maximum Gasteiger partial charge on any atom is 0.294 e. The average Bonchev–Trinajstić information content (AvgIpc) is 3.64. The molecule has 0 bridgehead atoms. The van der Waals surface area contributed by atoms with Crippen LogP contribution in [0.15, 0.2) is 103 Å². The van der Waals surface area contributed by atoms with Crippen molar-refractivity contribution in [3.8, 4) is 5.69 Å². The second-order valence-corrected chi connectivity index (χ2v) is 11.5. The maximum absolute atomic E-state index is 14.5. The molecular formula is C36H29F4N5O4. The highest BCUT2D eigenvalue weighted by atomic mass is 19.2. The van der Waals surface area contributed by atoms with Crippen LogP contribution >= 0.6 is 0 Å². The van der Waals surface area contributed by atoms with Gasteiger partial charge in [0.05, 0.1) is 18.4 Å². The number of anilines is 1. The van der Waals surface area contributed by atoms with Gasteiger partial charge in [-0.25, -0.2) is 22.5 Å². The van der Waals surface area contributed by atoms with Crippen LogP contribution in [-0.4, -0.2) is 62.0 Å². The van der Waals surface area contributed by atoms with E-state index in [2.05, 4.69) is 9.88 Å². The minimum absolute atomic E-state index is 0.110. The largest absolute Gasteiger partial charge is 0.507 e. The Kier molecular flexibility index (Phi) is 9.42. The number of halogens is 4. The van der Waals surface area contributed by atoms with Gasteiger partial charge in [0, 0.05) is 80.3 Å². The number of carbonyl (C=O) groups excluding carboxylic acids is 2. The lowest BCUT2D eigenvalue weighted by Crippen LogP contribution is -2.50. The van der Waals surface area contributed by atoms with E-state index in [0.717, 1.165) is 28.1 Å². The Morgan fingerprint density at radius 1 is 0.857 bits per heavy atom. The van der Waals surface area contributed by atoms with Crippen LogP contribution in [0, 0.1) is 23.3 Å². The summed E-state index contributed by atoms with van der Waals surface area (Å²) in [5.74, 6) is -7.18. The Balaban J connectivity index is 1.21. The highest BCUT2D eigenvalue weighted by molar-refractivity contribution is 6.41. The van der Waals surface area contributed by atoms with Gasteiger partial charge in [-0.05, 0) is 53.6 Å².